The molecule has 0 amide bonds. The van der Waals surface area contributed by atoms with Crippen LogP contribution in [0.15, 0.2) is 12.3 Å². The van der Waals surface area contributed by atoms with Gasteiger partial charge in [0.15, 0.2) is 0 Å². The molecule has 0 aliphatic carbocycles. The van der Waals surface area contributed by atoms with E-state index in [0.29, 0.717) is 5.95 Å². The average molecular weight is 250 g/mol. The molecular formula is C12H18N4O2. The summed E-state index contributed by atoms with van der Waals surface area (Å²) in [6.07, 6.45) is 3.81. The molecule has 1 saturated heterocycles. The van der Waals surface area contributed by atoms with E-state index < -0.39 is 5.97 Å². The first kappa shape index (κ1) is 12.6. The number of anilines is 2. The zero-order chi connectivity index (χ0) is 13.1. The molecule has 0 spiro atoms. The number of aliphatic carboxylic acids is 1. The van der Waals surface area contributed by atoms with Crippen LogP contribution in [-0.2, 0) is 4.79 Å². The fourth-order valence-electron chi connectivity index (χ4n) is 2.27. The summed E-state index contributed by atoms with van der Waals surface area (Å²) < 4.78 is 0. The molecule has 6 nitrogen and oxygen atoms in total. The molecule has 98 valence electrons. The third kappa shape index (κ3) is 2.69. The minimum Gasteiger partial charge on any atom is -0.481 e. The summed E-state index contributed by atoms with van der Waals surface area (Å²) in [6.45, 7) is 0.863. The number of carbonyl (C=O) groups is 1. The molecule has 1 unspecified atom stereocenters. The van der Waals surface area contributed by atoms with Crippen molar-refractivity contribution >= 4 is 17.7 Å². The molecule has 0 saturated carbocycles. The van der Waals surface area contributed by atoms with E-state index >= 15 is 0 Å². The second-order valence-electron chi connectivity index (χ2n) is 4.70. The van der Waals surface area contributed by atoms with Gasteiger partial charge < -0.3 is 14.9 Å². The van der Waals surface area contributed by atoms with Gasteiger partial charge in [-0.25, -0.2) is 4.98 Å². The zero-order valence-corrected chi connectivity index (χ0v) is 10.7. The van der Waals surface area contributed by atoms with Gasteiger partial charge in [0.25, 0.3) is 0 Å². The Morgan fingerprint density at radius 1 is 1.61 bits per heavy atom. The highest BCUT2D eigenvalue weighted by Gasteiger charge is 2.27. The molecular weight excluding hydrogens is 232 g/mol. The lowest BCUT2D eigenvalue weighted by molar-refractivity contribution is -0.137. The fraction of sp³-hybridized carbons (Fsp3) is 0.583. The summed E-state index contributed by atoms with van der Waals surface area (Å²) in [5.41, 5.74) is 0. The van der Waals surface area contributed by atoms with Crippen molar-refractivity contribution in [1.82, 2.24) is 9.97 Å². The zero-order valence-electron chi connectivity index (χ0n) is 10.7. The molecule has 1 fully saturated rings. The van der Waals surface area contributed by atoms with E-state index in [9.17, 15) is 4.79 Å². The van der Waals surface area contributed by atoms with Crippen molar-refractivity contribution in [1.29, 1.82) is 0 Å². The number of hydrogen-bond donors (Lipinski definition) is 1. The van der Waals surface area contributed by atoms with Crippen LogP contribution in [0.3, 0.4) is 0 Å². The van der Waals surface area contributed by atoms with Crippen molar-refractivity contribution in [3.8, 4) is 0 Å². The Kier molecular flexibility index (Phi) is 3.64. The predicted octanol–water partition coefficient (Wildman–Crippen LogP) is 0.986. The number of carboxylic acids is 1. The maximum absolute atomic E-state index is 10.8. The number of carboxylic acid groups (broad SMARTS) is 1. The van der Waals surface area contributed by atoms with Gasteiger partial charge in [0, 0.05) is 32.9 Å². The van der Waals surface area contributed by atoms with Gasteiger partial charge in [0.1, 0.15) is 5.82 Å². The molecule has 1 aromatic heterocycles. The maximum Gasteiger partial charge on any atom is 0.305 e. The number of nitrogens with zero attached hydrogens (tertiary/aromatic N) is 4. The maximum atomic E-state index is 10.8. The highest BCUT2D eigenvalue weighted by molar-refractivity contribution is 5.68. The third-order valence-electron chi connectivity index (χ3n) is 3.11. The predicted molar refractivity (Wildman–Crippen MR) is 69.0 cm³/mol. The van der Waals surface area contributed by atoms with Gasteiger partial charge in [0.2, 0.25) is 5.95 Å². The molecule has 1 aliphatic rings. The molecule has 0 radical (unpaired) electrons. The van der Waals surface area contributed by atoms with E-state index in [0.717, 1.165) is 25.2 Å². The molecule has 1 aromatic rings. The monoisotopic (exact) mass is 250 g/mol. The fourth-order valence-corrected chi connectivity index (χ4v) is 2.27. The van der Waals surface area contributed by atoms with Crippen molar-refractivity contribution in [3.63, 3.8) is 0 Å². The van der Waals surface area contributed by atoms with Crippen LogP contribution in [0.5, 0.6) is 0 Å². The molecule has 1 N–H and O–H groups in total. The molecule has 2 heterocycles. The lowest BCUT2D eigenvalue weighted by atomic mass is 10.1. The summed E-state index contributed by atoms with van der Waals surface area (Å²) in [7, 11) is 3.77. The standard InChI is InChI=1S/C12H18N4O2/c1-15(2)12-13-6-5-10(14-12)16-7-3-4-9(16)8-11(17)18/h5-6,9H,3-4,7-8H2,1-2H3,(H,17,18). The van der Waals surface area contributed by atoms with Crippen LogP contribution in [-0.4, -0.2) is 47.7 Å². The second kappa shape index (κ2) is 5.20. The van der Waals surface area contributed by atoms with E-state index in [2.05, 4.69) is 14.9 Å². The highest BCUT2D eigenvalue weighted by Crippen LogP contribution is 2.26. The van der Waals surface area contributed by atoms with Crippen molar-refractivity contribution in [2.75, 3.05) is 30.4 Å². The van der Waals surface area contributed by atoms with Gasteiger partial charge in [-0.1, -0.05) is 0 Å². The number of aromatic nitrogens is 2. The summed E-state index contributed by atoms with van der Waals surface area (Å²) in [6, 6.07) is 1.89. The first-order chi connectivity index (χ1) is 8.58. The van der Waals surface area contributed by atoms with Crippen LogP contribution in [0.4, 0.5) is 11.8 Å². The highest BCUT2D eigenvalue weighted by atomic mass is 16.4. The first-order valence-corrected chi connectivity index (χ1v) is 6.06. The van der Waals surface area contributed by atoms with Crippen molar-refractivity contribution < 1.29 is 9.90 Å². The van der Waals surface area contributed by atoms with Crippen molar-refractivity contribution in [3.05, 3.63) is 12.3 Å². The Morgan fingerprint density at radius 3 is 3.06 bits per heavy atom. The van der Waals surface area contributed by atoms with Crippen LogP contribution in [0.1, 0.15) is 19.3 Å². The molecule has 6 heteroatoms. The van der Waals surface area contributed by atoms with E-state index in [4.69, 9.17) is 5.11 Å². The number of rotatable bonds is 4. The minimum absolute atomic E-state index is 0.0485. The van der Waals surface area contributed by atoms with Gasteiger partial charge in [-0.3, -0.25) is 4.79 Å². The normalized spacial score (nSPS) is 19.0. The quantitative estimate of drug-likeness (QED) is 0.859. The molecule has 18 heavy (non-hydrogen) atoms. The topological polar surface area (TPSA) is 69.6 Å². The number of hydrogen-bond acceptors (Lipinski definition) is 5. The van der Waals surface area contributed by atoms with E-state index in [1.165, 1.54) is 0 Å². The Morgan fingerprint density at radius 2 is 2.39 bits per heavy atom. The smallest absolute Gasteiger partial charge is 0.305 e. The summed E-state index contributed by atoms with van der Waals surface area (Å²) in [5.74, 6) is 0.708. The largest absolute Gasteiger partial charge is 0.481 e. The van der Waals surface area contributed by atoms with Crippen molar-refractivity contribution in [2.24, 2.45) is 0 Å². The Bertz CT molecular complexity index is 436. The molecule has 0 aromatic carbocycles. The molecule has 2 rings (SSSR count). The first-order valence-electron chi connectivity index (χ1n) is 6.06. The molecule has 0 bridgehead atoms. The Balaban J connectivity index is 2.19. The molecule has 1 aliphatic heterocycles. The van der Waals surface area contributed by atoms with Gasteiger partial charge in [-0.05, 0) is 18.9 Å². The summed E-state index contributed by atoms with van der Waals surface area (Å²) in [5, 5.41) is 8.91. The van der Waals surface area contributed by atoms with Crippen molar-refractivity contribution in [2.45, 2.75) is 25.3 Å². The second-order valence-corrected chi connectivity index (χ2v) is 4.70. The summed E-state index contributed by atoms with van der Waals surface area (Å²) in [4.78, 5) is 23.4. The van der Waals surface area contributed by atoms with Gasteiger partial charge in [-0.2, -0.15) is 4.98 Å². The lowest BCUT2D eigenvalue weighted by Gasteiger charge is -2.25. The van der Waals surface area contributed by atoms with E-state index in [-0.39, 0.29) is 12.5 Å². The summed E-state index contributed by atoms with van der Waals surface area (Å²) >= 11 is 0. The Hall–Kier alpha value is -1.85. The molecule has 1 atom stereocenters. The van der Waals surface area contributed by atoms with Crippen LogP contribution in [0.25, 0.3) is 0 Å². The van der Waals surface area contributed by atoms with Gasteiger partial charge in [0.05, 0.1) is 6.42 Å². The van der Waals surface area contributed by atoms with E-state index in [1.807, 2.05) is 25.1 Å². The third-order valence-corrected chi connectivity index (χ3v) is 3.11. The lowest BCUT2D eigenvalue weighted by Crippen LogP contribution is -2.32. The van der Waals surface area contributed by atoms with Gasteiger partial charge in [-0.15, -0.1) is 0 Å². The SMILES string of the molecule is CN(C)c1nccc(N2CCCC2CC(=O)O)n1. The van der Waals surface area contributed by atoms with Crippen LogP contribution < -0.4 is 9.80 Å². The minimum atomic E-state index is -0.756. The van der Waals surface area contributed by atoms with Crippen LogP contribution in [0, 0.1) is 0 Å². The average Bonchev–Trinajstić information content (AvgIpc) is 2.76. The Labute approximate surface area is 106 Å². The van der Waals surface area contributed by atoms with Crippen LogP contribution in [0.2, 0.25) is 0 Å². The van der Waals surface area contributed by atoms with E-state index in [1.54, 1.807) is 6.20 Å². The van der Waals surface area contributed by atoms with Gasteiger partial charge >= 0.3 is 5.97 Å². The van der Waals surface area contributed by atoms with Crippen LogP contribution >= 0.6 is 0 Å².